The van der Waals surface area contributed by atoms with E-state index < -0.39 is 5.91 Å². The Hall–Kier alpha value is -4.33. The molecule has 0 spiro atoms. The predicted octanol–water partition coefficient (Wildman–Crippen LogP) is 4.51. The van der Waals surface area contributed by atoms with Crippen molar-refractivity contribution in [2.75, 3.05) is 12.4 Å². The summed E-state index contributed by atoms with van der Waals surface area (Å²) < 4.78 is 17.8. The third-order valence-corrected chi connectivity index (χ3v) is 4.61. The van der Waals surface area contributed by atoms with Crippen LogP contribution >= 0.6 is 0 Å². The van der Waals surface area contributed by atoms with E-state index in [4.69, 9.17) is 13.7 Å². The van der Waals surface area contributed by atoms with E-state index in [9.17, 15) is 4.79 Å². The number of rotatable bonds is 5. The van der Waals surface area contributed by atoms with E-state index in [-0.39, 0.29) is 5.69 Å². The first-order valence-electron chi connectivity index (χ1n) is 9.15. The molecule has 0 atom stereocenters. The second-order valence-corrected chi connectivity index (χ2v) is 6.52. The van der Waals surface area contributed by atoms with Gasteiger partial charge in [0.25, 0.3) is 5.91 Å². The zero-order valence-electron chi connectivity index (χ0n) is 15.9. The van der Waals surface area contributed by atoms with Crippen molar-refractivity contribution in [3.8, 4) is 28.5 Å². The van der Waals surface area contributed by atoms with Crippen molar-refractivity contribution in [1.82, 2.24) is 14.5 Å². The van der Waals surface area contributed by atoms with Gasteiger partial charge in [0.15, 0.2) is 11.5 Å². The molecule has 4 aromatic heterocycles. The molecule has 0 aliphatic rings. The van der Waals surface area contributed by atoms with Gasteiger partial charge in [-0.15, -0.1) is 0 Å². The smallest absolute Gasteiger partial charge is 0.277 e. The van der Waals surface area contributed by atoms with Crippen molar-refractivity contribution in [3.63, 3.8) is 0 Å². The van der Waals surface area contributed by atoms with E-state index in [1.807, 2.05) is 47.1 Å². The Balaban J connectivity index is 1.44. The maximum absolute atomic E-state index is 12.7. The predicted molar refractivity (Wildman–Crippen MR) is 109 cm³/mol. The lowest BCUT2D eigenvalue weighted by Crippen LogP contribution is -2.13. The third-order valence-electron chi connectivity index (χ3n) is 4.61. The molecule has 0 unspecified atom stereocenters. The van der Waals surface area contributed by atoms with E-state index in [0.29, 0.717) is 23.0 Å². The summed E-state index contributed by atoms with van der Waals surface area (Å²) in [6.07, 6.45) is 5.38. The lowest BCUT2D eigenvalue weighted by atomic mass is 10.1. The fourth-order valence-corrected chi connectivity index (χ4v) is 3.14. The maximum atomic E-state index is 12.7. The summed E-state index contributed by atoms with van der Waals surface area (Å²) in [5.74, 6) is 0.955. The standard InChI is InChI=1S/C22H16N4O4/c1-28-18-8-7-14(17-13-26-9-3-2-6-21(26)23-17)11-15(18)24-22(27)16-12-20(30-25-16)19-5-4-10-29-19/h2-13H,1H3,(H,24,27). The molecule has 5 aromatic rings. The SMILES string of the molecule is COc1ccc(-c2cn3ccccc3n2)cc1NC(=O)c1cc(-c2ccco2)on1. The van der Waals surface area contributed by atoms with Crippen LogP contribution in [0.2, 0.25) is 0 Å². The van der Waals surface area contributed by atoms with Crippen LogP contribution in [0.1, 0.15) is 10.5 Å². The van der Waals surface area contributed by atoms with Crippen molar-refractivity contribution in [3.05, 3.63) is 78.9 Å². The number of aromatic nitrogens is 3. The molecule has 4 heterocycles. The second-order valence-electron chi connectivity index (χ2n) is 6.52. The summed E-state index contributed by atoms with van der Waals surface area (Å²) in [6.45, 7) is 0. The molecule has 1 aromatic carbocycles. The van der Waals surface area contributed by atoms with Crippen molar-refractivity contribution < 1.29 is 18.5 Å². The minimum atomic E-state index is -0.429. The number of benzene rings is 1. The Bertz CT molecular complexity index is 1300. The van der Waals surface area contributed by atoms with Crippen LogP contribution in [0.4, 0.5) is 5.69 Å². The van der Waals surface area contributed by atoms with Crippen molar-refractivity contribution in [2.24, 2.45) is 0 Å². The monoisotopic (exact) mass is 400 g/mol. The largest absolute Gasteiger partial charge is 0.495 e. The zero-order chi connectivity index (χ0) is 20.5. The number of amides is 1. The molecule has 0 aliphatic carbocycles. The van der Waals surface area contributed by atoms with Gasteiger partial charge < -0.3 is 23.4 Å². The highest BCUT2D eigenvalue weighted by atomic mass is 16.5. The molecule has 0 saturated carbocycles. The first-order chi connectivity index (χ1) is 14.7. The van der Waals surface area contributed by atoms with E-state index in [0.717, 1.165) is 16.9 Å². The molecule has 1 amide bonds. The Morgan fingerprint density at radius 1 is 1.10 bits per heavy atom. The van der Waals surface area contributed by atoms with Gasteiger partial charge in [-0.25, -0.2) is 4.98 Å². The highest BCUT2D eigenvalue weighted by Gasteiger charge is 2.17. The third kappa shape index (κ3) is 3.20. The number of hydrogen-bond acceptors (Lipinski definition) is 6. The molecule has 0 bridgehead atoms. The number of nitrogens with one attached hydrogen (secondary N) is 1. The average molecular weight is 400 g/mol. The summed E-state index contributed by atoms with van der Waals surface area (Å²) >= 11 is 0. The topological polar surface area (TPSA) is 94.8 Å². The van der Waals surface area contributed by atoms with Crippen LogP contribution in [0.3, 0.4) is 0 Å². The molecule has 0 saturated heterocycles. The van der Waals surface area contributed by atoms with Crippen LogP contribution in [-0.2, 0) is 0 Å². The number of imidazole rings is 1. The summed E-state index contributed by atoms with van der Waals surface area (Å²) in [5, 5.41) is 6.66. The molecule has 8 nitrogen and oxygen atoms in total. The number of carbonyl (C=O) groups excluding carboxylic acids is 1. The number of hydrogen-bond donors (Lipinski definition) is 1. The second kappa shape index (κ2) is 7.25. The van der Waals surface area contributed by atoms with Crippen LogP contribution in [0.5, 0.6) is 5.75 Å². The van der Waals surface area contributed by atoms with Gasteiger partial charge in [-0.05, 0) is 42.5 Å². The van der Waals surface area contributed by atoms with E-state index in [1.54, 1.807) is 25.3 Å². The maximum Gasteiger partial charge on any atom is 0.277 e. The molecule has 30 heavy (non-hydrogen) atoms. The minimum absolute atomic E-state index is 0.126. The van der Waals surface area contributed by atoms with Crippen molar-refractivity contribution >= 4 is 17.2 Å². The van der Waals surface area contributed by atoms with Crippen molar-refractivity contribution in [2.45, 2.75) is 0 Å². The molecule has 5 rings (SSSR count). The number of fused-ring (bicyclic) bond motifs is 1. The van der Waals surface area contributed by atoms with Gasteiger partial charge in [-0.3, -0.25) is 4.79 Å². The van der Waals surface area contributed by atoms with Gasteiger partial charge in [0, 0.05) is 24.0 Å². The molecule has 0 fully saturated rings. The van der Waals surface area contributed by atoms with E-state index in [2.05, 4.69) is 15.5 Å². The van der Waals surface area contributed by atoms with Gasteiger partial charge in [-0.2, -0.15) is 0 Å². The first kappa shape index (κ1) is 17.7. The molecule has 8 heteroatoms. The lowest BCUT2D eigenvalue weighted by molar-refractivity contribution is 0.101. The van der Waals surface area contributed by atoms with Crippen LogP contribution in [0.25, 0.3) is 28.4 Å². The zero-order valence-corrected chi connectivity index (χ0v) is 15.9. The Morgan fingerprint density at radius 2 is 2.03 bits per heavy atom. The van der Waals surface area contributed by atoms with E-state index in [1.165, 1.54) is 12.3 Å². The van der Waals surface area contributed by atoms with Gasteiger partial charge in [-0.1, -0.05) is 11.2 Å². The Kier molecular flexibility index (Phi) is 4.29. The fraction of sp³-hybridized carbons (Fsp3) is 0.0455. The number of nitrogens with zero attached hydrogens (tertiary/aromatic N) is 3. The van der Waals surface area contributed by atoms with Crippen LogP contribution in [0, 0.1) is 0 Å². The highest BCUT2D eigenvalue weighted by Crippen LogP contribution is 2.31. The molecule has 0 radical (unpaired) electrons. The fourth-order valence-electron chi connectivity index (χ4n) is 3.14. The molecule has 148 valence electrons. The average Bonchev–Trinajstić information content (AvgIpc) is 3.53. The van der Waals surface area contributed by atoms with Gasteiger partial charge >= 0.3 is 0 Å². The van der Waals surface area contributed by atoms with Gasteiger partial charge in [0.05, 0.1) is 24.8 Å². The summed E-state index contributed by atoms with van der Waals surface area (Å²) in [7, 11) is 1.54. The first-order valence-corrected chi connectivity index (χ1v) is 9.15. The van der Waals surface area contributed by atoms with Crippen LogP contribution in [-0.4, -0.2) is 27.6 Å². The van der Waals surface area contributed by atoms with Crippen LogP contribution in [0.15, 0.2) is 82.2 Å². The van der Waals surface area contributed by atoms with E-state index >= 15 is 0 Å². The summed E-state index contributed by atoms with van der Waals surface area (Å²) in [4.78, 5) is 17.3. The summed E-state index contributed by atoms with van der Waals surface area (Å²) in [6, 6.07) is 16.3. The molecular weight excluding hydrogens is 384 g/mol. The number of furan rings is 1. The molecule has 0 aliphatic heterocycles. The Morgan fingerprint density at radius 3 is 2.83 bits per heavy atom. The summed E-state index contributed by atoms with van der Waals surface area (Å²) in [5.41, 5.74) is 3.08. The molecule has 1 N–H and O–H groups in total. The number of methoxy groups -OCH3 is 1. The molecular formula is C22H16N4O4. The van der Waals surface area contributed by atoms with Gasteiger partial charge in [0.1, 0.15) is 11.4 Å². The lowest BCUT2D eigenvalue weighted by Gasteiger charge is -2.10. The number of carbonyl (C=O) groups is 1. The van der Waals surface area contributed by atoms with Crippen LogP contribution < -0.4 is 10.1 Å². The Labute approximate surface area is 170 Å². The van der Waals surface area contributed by atoms with Crippen molar-refractivity contribution in [1.29, 1.82) is 0 Å². The van der Waals surface area contributed by atoms with Gasteiger partial charge in [0.2, 0.25) is 5.76 Å². The minimum Gasteiger partial charge on any atom is -0.495 e. The number of anilines is 1. The number of pyridine rings is 1. The quantitative estimate of drug-likeness (QED) is 0.466. The highest BCUT2D eigenvalue weighted by molar-refractivity contribution is 6.04. The number of ether oxygens (including phenoxy) is 1. The normalized spacial score (nSPS) is 11.0.